The first-order valence-electron chi connectivity index (χ1n) is 14.3. The summed E-state index contributed by atoms with van der Waals surface area (Å²) in [6, 6.07) is 7.38. The molecule has 0 unspecified atom stereocenters. The minimum atomic E-state index is -0.142. The Morgan fingerprint density at radius 3 is 1.54 bits per heavy atom. The number of hydrogen-bond acceptors (Lipinski definition) is 10. The van der Waals surface area contributed by atoms with Crippen LogP contribution in [0.3, 0.4) is 0 Å². The Balaban J connectivity index is 1.69. The zero-order valence-corrected chi connectivity index (χ0v) is 23.9. The summed E-state index contributed by atoms with van der Waals surface area (Å²) in [6.07, 6.45) is 7.44. The van der Waals surface area contributed by atoms with Crippen LogP contribution in [0.2, 0.25) is 0 Å². The second-order valence-corrected chi connectivity index (χ2v) is 8.80. The zero-order valence-electron chi connectivity index (χ0n) is 23.9. The summed E-state index contributed by atoms with van der Waals surface area (Å²) in [5.41, 5.74) is 6.43. The maximum Gasteiger partial charge on any atom is 0.305 e. The van der Waals surface area contributed by atoms with E-state index >= 15 is 0 Å². The van der Waals surface area contributed by atoms with Crippen molar-refractivity contribution in [3.05, 3.63) is 24.3 Å². The number of anilines is 1. The highest BCUT2D eigenvalue weighted by molar-refractivity contribution is 5.69. The molecule has 1 rings (SSSR count). The molecule has 1 aromatic rings. The molecule has 0 saturated heterocycles. The van der Waals surface area contributed by atoms with E-state index in [-0.39, 0.29) is 12.6 Å². The lowest BCUT2D eigenvalue weighted by Gasteiger charge is -2.09. The number of hydrogen-bond donors (Lipinski definition) is 1. The van der Waals surface area contributed by atoms with Gasteiger partial charge in [0.05, 0.1) is 85.0 Å². The Labute approximate surface area is 234 Å². The molecule has 0 bridgehead atoms. The average Bonchev–Trinajstić information content (AvgIpc) is 2.94. The third-order valence-corrected chi connectivity index (χ3v) is 5.49. The fraction of sp³-hybridized carbons (Fsp3) is 0.759. The van der Waals surface area contributed by atoms with Crippen LogP contribution in [0.15, 0.2) is 24.3 Å². The SMILES string of the molecule is CCCCCCCCC(=O)OCCOCCOCCOCCOCCOCCOCCOc1ccccc1N. The predicted molar refractivity (Wildman–Crippen MR) is 150 cm³/mol. The molecular formula is C29H51NO9. The largest absolute Gasteiger partial charge is 0.489 e. The molecule has 2 N–H and O–H groups in total. The molecule has 0 fully saturated rings. The molecule has 0 aliphatic heterocycles. The van der Waals surface area contributed by atoms with Gasteiger partial charge in [0.25, 0.3) is 0 Å². The fourth-order valence-electron chi connectivity index (χ4n) is 3.36. The lowest BCUT2D eigenvalue weighted by Crippen LogP contribution is -2.15. The highest BCUT2D eigenvalue weighted by Gasteiger charge is 2.02. The van der Waals surface area contributed by atoms with Crippen LogP contribution in [0, 0.1) is 0 Å². The van der Waals surface area contributed by atoms with Crippen molar-refractivity contribution in [2.24, 2.45) is 0 Å². The van der Waals surface area contributed by atoms with Crippen molar-refractivity contribution < 1.29 is 42.7 Å². The monoisotopic (exact) mass is 557 g/mol. The van der Waals surface area contributed by atoms with Crippen molar-refractivity contribution in [2.75, 3.05) is 98.2 Å². The molecule has 0 amide bonds. The van der Waals surface area contributed by atoms with Gasteiger partial charge in [-0.1, -0.05) is 51.2 Å². The molecule has 1 aromatic carbocycles. The number of unbranched alkanes of at least 4 members (excludes halogenated alkanes) is 5. The third-order valence-electron chi connectivity index (χ3n) is 5.49. The van der Waals surface area contributed by atoms with Crippen LogP contribution >= 0.6 is 0 Å². The van der Waals surface area contributed by atoms with Gasteiger partial charge in [0.15, 0.2) is 0 Å². The molecule has 0 saturated carbocycles. The van der Waals surface area contributed by atoms with Crippen molar-refractivity contribution in [3.8, 4) is 5.75 Å². The summed E-state index contributed by atoms with van der Waals surface area (Å²) in [6.45, 7) is 8.69. The van der Waals surface area contributed by atoms with Crippen LogP contribution in [-0.4, -0.2) is 98.5 Å². The minimum absolute atomic E-state index is 0.142. The first-order valence-corrected chi connectivity index (χ1v) is 14.3. The second kappa shape index (κ2) is 27.6. The standard InChI is InChI=1S/C29H51NO9/c1-2-3-4-5-6-7-12-29(31)39-26-24-37-22-20-35-18-16-33-14-13-32-15-17-34-19-21-36-23-25-38-28-11-9-8-10-27(28)30/h8-11H,2-7,12-26,30H2,1H3. The van der Waals surface area contributed by atoms with Crippen molar-refractivity contribution >= 4 is 11.7 Å². The lowest BCUT2D eigenvalue weighted by molar-refractivity contribution is -0.145. The number of carbonyl (C=O) groups is 1. The van der Waals surface area contributed by atoms with Crippen LogP contribution in [-0.2, 0) is 38.0 Å². The molecule has 0 aromatic heterocycles. The van der Waals surface area contributed by atoms with Crippen molar-refractivity contribution in [1.82, 2.24) is 0 Å². The summed E-state index contributed by atoms with van der Waals surface area (Å²) < 4.78 is 43.4. The Hall–Kier alpha value is -1.95. The van der Waals surface area contributed by atoms with E-state index in [1.54, 1.807) is 6.07 Å². The number of nitrogens with two attached hydrogens (primary N) is 1. The molecular weight excluding hydrogens is 506 g/mol. The first-order chi connectivity index (χ1) is 19.2. The summed E-state index contributed by atoms with van der Waals surface area (Å²) in [5, 5.41) is 0. The number of rotatable bonds is 29. The number of esters is 1. The third kappa shape index (κ3) is 23.6. The molecule has 10 nitrogen and oxygen atoms in total. The van der Waals surface area contributed by atoms with E-state index in [1.807, 2.05) is 18.2 Å². The molecule has 226 valence electrons. The quantitative estimate of drug-likeness (QED) is 0.0878. The summed E-state index contributed by atoms with van der Waals surface area (Å²) >= 11 is 0. The molecule has 10 heteroatoms. The predicted octanol–water partition coefficient (Wildman–Crippen LogP) is 4.04. The van der Waals surface area contributed by atoms with Crippen LogP contribution in [0.5, 0.6) is 5.75 Å². The van der Waals surface area contributed by atoms with Crippen LogP contribution in [0.4, 0.5) is 5.69 Å². The van der Waals surface area contributed by atoms with Gasteiger partial charge >= 0.3 is 5.97 Å². The fourth-order valence-corrected chi connectivity index (χ4v) is 3.36. The van der Waals surface area contributed by atoms with E-state index < -0.39 is 0 Å². The van der Waals surface area contributed by atoms with Gasteiger partial charge in [-0.3, -0.25) is 4.79 Å². The van der Waals surface area contributed by atoms with Crippen LogP contribution < -0.4 is 10.5 Å². The highest BCUT2D eigenvalue weighted by Crippen LogP contribution is 2.19. The molecule has 39 heavy (non-hydrogen) atoms. The number of para-hydroxylation sites is 2. The van der Waals surface area contributed by atoms with Gasteiger partial charge in [0.2, 0.25) is 0 Å². The average molecular weight is 558 g/mol. The van der Waals surface area contributed by atoms with E-state index in [2.05, 4.69) is 6.92 Å². The Morgan fingerprint density at radius 1 is 0.590 bits per heavy atom. The maximum absolute atomic E-state index is 11.6. The Morgan fingerprint density at radius 2 is 1.03 bits per heavy atom. The van der Waals surface area contributed by atoms with Gasteiger partial charge < -0.3 is 43.6 Å². The van der Waals surface area contributed by atoms with E-state index in [0.717, 1.165) is 12.8 Å². The van der Waals surface area contributed by atoms with Crippen LogP contribution in [0.1, 0.15) is 51.9 Å². The maximum atomic E-state index is 11.6. The molecule has 0 heterocycles. The summed E-state index contributed by atoms with van der Waals surface area (Å²) in [5.74, 6) is 0.527. The second-order valence-electron chi connectivity index (χ2n) is 8.80. The first kappa shape index (κ1) is 35.1. The van der Waals surface area contributed by atoms with Crippen molar-refractivity contribution in [1.29, 1.82) is 0 Å². The van der Waals surface area contributed by atoms with Gasteiger partial charge in [0.1, 0.15) is 19.0 Å². The summed E-state index contributed by atoms with van der Waals surface area (Å²) in [7, 11) is 0. The van der Waals surface area contributed by atoms with Crippen molar-refractivity contribution in [3.63, 3.8) is 0 Å². The molecule has 0 aliphatic rings. The highest BCUT2D eigenvalue weighted by atomic mass is 16.6. The van der Waals surface area contributed by atoms with E-state index in [0.29, 0.717) is 104 Å². The molecule has 0 atom stereocenters. The number of carbonyl (C=O) groups excluding carboxylic acids is 1. The zero-order chi connectivity index (χ0) is 28.1. The van der Waals surface area contributed by atoms with Gasteiger partial charge in [-0.2, -0.15) is 0 Å². The minimum Gasteiger partial charge on any atom is -0.489 e. The smallest absolute Gasteiger partial charge is 0.305 e. The van der Waals surface area contributed by atoms with Crippen molar-refractivity contribution in [2.45, 2.75) is 51.9 Å². The van der Waals surface area contributed by atoms with Gasteiger partial charge in [-0.15, -0.1) is 0 Å². The lowest BCUT2D eigenvalue weighted by atomic mass is 10.1. The van der Waals surface area contributed by atoms with Crippen LogP contribution in [0.25, 0.3) is 0 Å². The van der Waals surface area contributed by atoms with E-state index in [9.17, 15) is 4.79 Å². The van der Waals surface area contributed by atoms with Gasteiger partial charge in [-0.05, 0) is 18.6 Å². The van der Waals surface area contributed by atoms with E-state index in [1.165, 1.54) is 25.7 Å². The molecule has 0 aliphatic carbocycles. The van der Waals surface area contributed by atoms with E-state index in [4.69, 9.17) is 43.6 Å². The molecule has 0 radical (unpaired) electrons. The number of ether oxygens (including phenoxy) is 8. The normalized spacial score (nSPS) is 11.1. The van der Waals surface area contributed by atoms with Gasteiger partial charge in [0, 0.05) is 6.42 Å². The number of benzene rings is 1. The number of nitrogen functional groups attached to an aromatic ring is 1. The summed E-state index contributed by atoms with van der Waals surface area (Å²) in [4.78, 5) is 11.6. The van der Waals surface area contributed by atoms with Gasteiger partial charge in [-0.25, -0.2) is 0 Å². The Bertz CT molecular complexity index is 678. The molecule has 0 spiro atoms. The topological polar surface area (TPSA) is 117 Å². The Kier molecular flexibility index (Phi) is 24.8.